The number of esters is 1. The standard InChI is InChI=1S/C19H28N4O7S2/c1-9(2)20-19(21-10(3)4)31-7-13(25)22-14-16(26)23-15(18(27)28)12(6-30-11(5)24)8-32(29)17(14)23/h9-10,14,17H,6-8H2,1-5H3,(H,20,21)(H,22,25)(H,27,28)/t14-,17-,32?/m1/s1. The summed E-state index contributed by atoms with van der Waals surface area (Å²) in [6.07, 6.45) is 0. The Morgan fingerprint density at radius 1 is 1.31 bits per heavy atom. The van der Waals surface area contributed by atoms with Gasteiger partial charge in [-0.15, -0.1) is 0 Å². The highest BCUT2D eigenvalue weighted by atomic mass is 32.2. The number of carboxylic acid groups (broad SMARTS) is 1. The van der Waals surface area contributed by atoms with E-state index in [2.05, 4.69) is 15.6 Å². The molecule has 1 fully saturated rings. The summed E-state index contributed by atoms with van der Waals surface area (Å²) in [4.78, 5) is 53.2. The largest absolute Gasteiger partial charge is 0.477 e. The Morgan fingerprint density at radius 2 is 1.97 bits per heavy atom. The third-order valence-electron chi connectivity index (χ3n) is 4.30. The number of thioether (sulfide) groups is 1. The van der Waals surface area contributed by atoms with Crippen molar-refractivity contribution in [3.8, 4) is 0 Å². The van der Waals surface area contributed by atoms with Crippen LogP contribution in [0, 0.1) is 0 Å². The van der Waals surface area contributed by atoms with E-state index >= 15 is 0 Å². The fourth-order valence-electron chi connectivity index (χ4n) is 3.10. The maximum atomic E-state index is 12.7. The summed E-state index contributed by atoms with van der Waals surface area (Å²) in [5.41, 5.74) is -0.265. The van der Waals surface area contributed by atoms with Crippen molar-refractivity contribution in [3.05, 3.63) is 11.3 Å². The van der Waals surface area contributed by atoms with Crippen molar-refractivity contribution in [2.24, 2.45) is 4.99 Å². The molecule has 2 heterocycles. The summed E-state index contributed by atoms with van der Waals surface area (Å²) in [5.74, 6) is -3.34. The van der Waals surface area contributed by atoms with Crippen LogP contribution in [0.3, 0.4) is 0 Å². The van der Waals surface area contributed by atoms with Crippen LogP contribution in [-0.4, -0.2) is 84.7 Å². The molecule has 0 saturated carbocycles. The van der Waals surface area contributed by atoms with Crippen LogP contribution >= 0.6 is 11.8 Å². The molecule has 3 atom stereocenters. The van der Waals surface area contributed by atoms with Crippen LogP contribution < -0.4 is 10.6 Å². The number of ether oxygens (including phenoxy) is 1. The van der Waals surface area contributed by atoms with E-state index in [0.717, 1.165) is 11.8 Å². The number of hydrogen-bond acceptors (Lipinski definition) is 8. The van der Waals surface area contributed by atoms with E-state index in [-0.39, 0.29) is 41.5 Å². The smallest absolute Gasteiger partial charge is 0.352 e. The van der Waals surface area contributed by atoms with E-state index in [9.17, 15) is 28.5 Å². The molecule has 1 unspecified atom stereocenters. The number of fused-ring (bicyclic) bond motifs is 1. The number of carboxylic acids is 1. The first-order valence-corrected chi connectivity index (χ1v) is 12.3. The average Bonchev–Trinajstić information content (AvgIpc) is 2.67. The van der Waals surface area contributed by atoms with Crippen molar-refractivity contribution in [1.82, 2.24) is 15.5 Å². The Kier molecular flexibility index (Phi) is 8.84. The van der Waals surface area contributed by atoms with Crippen molar-refractivity contribution in [2.75, 3.05) is 18.1 Å². The second kappa shape index (κ2) is 10.9. The fraction of sp³-hybridized carbons (Fsp3) is 0.632. The maximum absolute atomic E-state index is 12.7. The third kappa shape index (κ3) is 6.31. The molecule has 3 N–H and O–H groups in total. The second-order valence-electron chi connectivity index (χ2n) is 7.82. The lowest BCUT2D eigenvalue weighted by Crippen LogP contribution is -2.73. The summed E-state index contributed by atoms with van der Waals surface area (Å²) < 4.78 is 17.5. The van der Waals surface area contributed by atoms with E-state index in [1.54, 1.807) is 0 Å². The molecule has 32 heavy (non-hydrogen) atoms. The summed E-state index contributed by atoms with van der Waals surface area (Å²) in [7, 11) is -1.67. The number of carbonyl (C=O) groups excluding carboxylic acids is 3. The number of β-lactam (4-membered cyclic amide) rings is 1. The molecule has 13 heteroatoms. The number of nitrogens with zero attached hydrogens (tertiary/aromatic N) is 2. The van der Waals surface area contributed by atoms with Gasteiger partial charge in [0.25, 0.3) is 5.91 Å². The molecular weight excluding hydrogens is 460 g/mol. The quantitative estimate of drug-likeness (QED) is 0.182. The molecule has 2 aliphatic rings. The predicted molar refractivity (Wildman–Crippen MR) is 120 cm³/mol. The number of hydrogen-bond donors (Lipinski definition) is 3. The first kappa shape index (κ1) is 25.8. The molecule has 0 aromatic heterocycles. The molecule has 11 nitrogen and oxygen atoms in total. The molecule has 0 aliphatic carbocycles. The van der Waals surface area contributed by atoms with Gasteiger partial charge in [0.15, 0.2) is 5.17 Å². The molecule has 0 aromatic rings. The van der Waals surface area contributed by atoms with Crippen molar-refractivity contribution < 1.29 is 33.2 Å². The first-order chi connectivity index (χ1) is 14.9. The summed E-state index contributed by atoms with van der Waals surface area (Å²) >= 11 is 1.18. The lowest BCUT2D eigenvalue weighted by molar-refractivity contribution is -0.151. The Labute approximate surface area is 192 Å². The number of aliphatic imine (C=N–C) groups is 1. The van der Waals surface area contributed by atoms with E-state index in [0.29, 0.717) is 5.17 Å². The van der Waals surface area contributed by atoms with Gasteiger partial charge in [-0.1, -0.05) is 11.8 Å². The van der Waals surface area contributed by atoms with Gasteiger partial charge in [-0.3, -0.25) is 28.5 Å². The van der Waals surface area contributed by atoms with Crippen LogP contribution in [0.5, 0.6) is 0 Å². The van der Waals surface area contributed by atoms with Crippen LogP contribution in [0.4, 0.5) is 0 Å². The molecule has 0 aromatic carbocycles. The second-order valence-corrected chi connectivity index (χ2v) is 10.3. The number of aliphatic carboxylic acids is 1. The minimum absolute atomic E-state index is 0.0201. The van der Waals surface area contributed by atoms with Gasteiger partial charge in [-0.05, 0) is 27.7 Å². The number of nitrogens with one attached hydrogen (secondary N) is 2. The molecule has 178 valence electrons. The zero-order valence-electron chi connectivity index (χ0n) is 18.5. The zero-order chi connectivity index (χ0) is 24.2. The Balaban J connectivity index is 2.08. The van der Waals surface area contributed by atoms with Gasteiger partial charge in [0.1, 0.15) is 23.7 Å². The molecule has 0 spiro atoms. The van der Waals surface area contributed by atoms with Gasteiger partial charge in [-0.2, -0.15) is 0 Å². The predicted octanol–water partition coefficient (Wildman–Crippen LogP) is -0.201. The van der Waals surface area contributed by atoms with Gasteiger partial charge in [0.05, 0.1) is 22.3 Å². The number of amides is 2. The van der Waals surface area contributed by atoms with Crippen LogP contribution in [-0.2, 0) is 34.7 Å². The molecule has 1 saturated heterocycles. The SMILES string of the molecule is CC(=O)OCC1=C(C(=O)O)N2C(=O)[C@@H](NC(=O)CSC(=NC(C)C)NC(C)C)[C@H]2S(=O)C1. The zero-order valence-corrected chi connectivity index (χ0v) is 20.2. The highest BCUT2D eigenvalue weighted by Gasteiger charge is 2.57. The molecule has 2 aliphatic heterocycles. The van der Waals surface area contributed by atoms with Gasteiger partial charge in [0.2, 0.25) is 5.91 Å². The average molecular weight is 489 g/mol. The lowest BCUT2D eigenvalue weighted by Gasteiger charge is -2.48. The van der Waals surface area contributed by atoms with E-state index in [1.807, 2.05) is 27.7 Å². The normalized spacial score (nSPS) is 23.1. The minimum Gasteiger partial charge on any atom is -0.477 e. The molecule has 2 rings (SSSR count). The van der Waals surface area contributed by atoms with Gasteiger partial charge >= 0.3 is 11.9 Å². The Bertz CT molecular complexity index is 885. The summed E-state index contributed by atoms with van der Waals surface area (Å²) in [6.45, 7) is 8.50. The Hall–Kier alpha value is -2.41. The van der Waals surface area contributed by atoms with E-state index in [4.69, 9.17) is 4.74 Å². The highest BCUT2D eigenvalue weighted by Crippen LogP contribution is 2.35. The first-order valence-electron chi connectivity index (χ1n) is 9.97. The fourth-order valence-corrected chi connectivity index (χ4v) is 5.72. The van der Waals surface area contributed by atoms with Gasteiger partial charge in [-0.25, -0.2) is 4.79 Å². The third-order valence-corrected chi connectivity index (χ3v) is 6.86. The van der Waals surface area contributed by atoms with Gasteiger partial charge in [0, 0.05) is 24.6 Å². The molecular formula is C19H28N4O7S2. The van der Waals surface area contributed by atoms with Crippen molar-refractivity contribution in [3.63, 3.8) is 0 Å². The summed E-state index contributed by atoms with van der Waals surface area (Å²) in [6, 6.07) is -0.936. The van der Waals surface area contributed by atoms with Crippen molar-refractivity contribution in [2.45, 2.75) is 58.1 Å². The maximum Gasteiger partial charge on any atom is 0.352 e. The lowest BCUT2D eigenvalue weighted by atomic mass is 10.0. The monoisotopic (exact) mass is 488 g/mol. The number of carbonyl (C=O) groups is 4. The Morgan fingerprint density at radius 3 is 2.50 bits per heavy atom. The topological polar surface area (TPSA) is 154 Å². The summed E-state index contributed by atoms with van der Waals surface area (Å²) in [5, 5.41) is 14.9. The van der Waals surface area contributed by atoms with Crippen LogP contribution in [0.15, 0.2) is 16.3 Å². The number of amidine groups is 1. The highest BCUT2D eigenvalue weighted by molar-refractivity contribution is 8.14. The van der Waals surface area contributed by atoms with Crippen molar-refractivity contribution in [1.29, 1.82) is 0 Å². The van der Waals surface area contributed by atoms with Gasteiger partial charge < -0.3 is 20.5 Å². The molecule has 0 bridgehead atoms. The van der Waals surface area contributed by atoms with Crippen LogP contribution in [0.2, 0.25) is 0 Å². The van der Waals surface area contributed by atoms with Crippen LogP contribution in [0.1, 0.15) is 34.6 Å². The molecule has 2 amide bonds. The molecule has 0 radical (unpaired) electrons. The van der Waals surface area contributed by atoms with E-state index in [1.165, 1.54) is 11.8 Å². The number of rotatable bonds is 8. The minimum atomic E-state index is -1.67. The van der Waals surface area contributed by atoms with Crippen molar-refractivity contribution >= 4 is 51.5 Å². The van der Waals surface area contributed by atoms with Crippen LogP contribution in [0.25, 0.3) is 0 Å². The van der Waals surface area contributed by atoms with E-state index < -0.39 is 46.0 Å².